The smallest absolute Gasteiger partial charge is 0.195 e. The van der Waals surface area contributed by atoms with Crippen LogP contribution >= 0.6 is 11.3 Å². The van der Waals surface area contributed by atoms with Crippen molar-refractivity contribution >= 4 is 16.3 Å². The van der Waals surface area contributed by atoms with Gasteiger partial charge in [-0.2, -0.15) is 0 Å². The molecule has 0 fully saturated rings. The van der Waals surface area contributed by atoms with E-state index in [1.807, 2.05) is 36.2 Å². The van der Waals surface area contributed by atoms with Crippen LogP contribution in [0.25, 0.3) is 10.8 Å². The molecule has 0 aliphatic rings. The van der Waals surface area contributed by atoms with E-state index in [1.54, 1.807) is 17.5 Å². The second-order valence-electron chi connectivity index (χ2n) is 4.46. The van der Waals surface area contributed by atoms with Crippen LogP contribution in [-0.2, 0) is 6.42 Å². The van der Waals surface area contributed by atoms with Gasteiger partial charge >= 0.3 is 0 Å². The van der Waals surface area contributed by atoms with Gasteiger partial charge in [0.05, 0.1) is 5.69 Å². The van der Waals surface area contributed by atoms with Crippen molar-refractivity contribution in [2.45, 2.75) is 26.3 Å². The van der Waals surface area contributed by atoms with Crippen molar-refractivity contribution < 1.29 is 0 Å². The Morgan fingerprint density at radius 3 is 2.94 bits per heavy atom. The fourth-order valence-electron chi connectivity index (χ4n) is 2.11. The molecular formula is C12H15N5S. The number of nitrogens with zero attached hydrogens (tertiary/aromatic N) is 4. The zero-order chi connectivity index (χ0) is 12.7. The average molecular weight is 261 g/mol. The topological polar surface area (TPSA) is 61.1 Å². The highest BCUT2D eigenvalue weighted by molar-refractivity contribution is 7.15. The molecule has 94 valence electrons. The molecule has 3 heterocycles. The van der Waals surface area contributed by atoms with Crippen LogP contribution in [0.5, 0.6) is 0 Å². The number of hydrogen-bond acceptors (Lipinski definition) is 4. The van der Waals surface area contributed by atoms with Crippen LogP contribution in [0.2, 0.25) is 0 Å². The van der Waals surface area contributed by atoms with Crippen LogP contribution in [0.1, 0.15) is 18.4 Å². The molecule has 3 aromatic heterocycles. The Balaban J connectivity index is 2.21. The highest BCUT2D eigenvalue weighted by Gasteiger charge is 2.16. The Hall–Kier alpha value is -1.66. The van der Waals surface area contributed by atoms with Gasteiger partial charge in [0.15, 0.2) is 10.8 Å². The highest BCUT2D eigenvalue weighted by Crippen LogP contribution is 2.22. The van der Waals surface area contributed by atoms with E-state index in [-0.39, 0.29) is 6.04 Å². The quantitative estimate of drug-likeness (QED) is 0.781. The molecule has 1 unspecified atom stereocenters. The van der Waals surface area contributed by atoms with E-state index in [0.29, 0.717) is 0 Å². The van der Waals surface area contributed by atoms with Crippen molar-refractivity contribution in [3.63, 3.8) is 0 Å². The fraction of sp³-hybridized carbons (Fsp3) is 0.333. The van der Waals surface area contributed by atoms with Crippen LogP contribution in [-0.4, -0.2) is 25.0 Å². The lowest BCUT2D eigenvalue weighted by Crippen LogP contribution is -2.20. The summed E-state index contributed by atoms with van der Waals surface area (Å²) in [6.45, 7) is 3.99. The number of thiazole rings is 1. The molecule has 3 aromatic rings. The molecular weight excluding hydrogens is 246 g/mol. The third kappa shape index (κ3) is 1.74. The molecule has 0 saturated carbocycles. The Bertz CT molecular complexity index is 676. The van der Waals surface area contributed by atoms with Gasteiger partial charge in [0.1, 0.15) is 5.82 Å². The Kier molecular flexibility index (Phi) is 2.68. The van der Waals surface area contributed by atoms with Crippen molar-refractivity contribution in [3.8, 4) is 5.82 Å². The lowest BCUT2D eigenvalue weighted by Gasteiger charge is -2.08. The van der Waals surface area contributed by atoms with Crippen LogP contribution in [0, 0.1) is 6.92 Å². The predicted molar refractivity (Wildman–Crippen MR) is 72.3 cm³/mol. The summed E-state index contributed by atoms with van der Waals surface area (Å²) in [6.07, 6.45) is 6.57. The lowest BCUT2D eigenvalue weighted by molar-refractivity contribution is 0.711. The molecule has 18 heavy (non-hydrogen) atoms. The van der Waals surface area contributed by atoms with Crippen molar-refractivity contribution in [1.82, 2.24) is 18.9 Å². The molecule has 0 spiro atoms. The summed E-state index contributed by atoms with van der Waals surface area (Å²) in [6, 6.07) is 0.104. The summed E-state index contributed by atoms with van der Waals surface area (Å²) in [4.78, 5) is 9.93. The van der Waals surface area contributed by atoms with Gasteiger partial charge in [0.2, 0.25) is 0 Å². The monoisotopic (exact) mass is 261 g/mol. The molecule has 0 aliphatic carbocycles. The summed E-state index contributed by atoms with van der Waals surface area (Å²) >= 11 is 1.63. The molecule has 0 aromatic carbocycles. The first-order valence-corrected chi connectivity index (χ1v) is 6.75. The standard InChI is InChI=1S/C12H15N5S/c1-8(13)7-10-11(16-4-3-14-9(16)2)15-12-17(10)5-6-18-12/h3-6,8H,7,13H2,1-2H3. The number of imidazole rings is 2. The number of aromatic nitrogens is 4. The third-order valence-corrected chi connectivity index (χ3v) is 3.67. The molecule has 0 radical (unpaired) electrons. The minimum Gasteiger partial charge on any atom is -0.328 e. The summed E-state index contributed by atoms with van der Waals surface area (Å²) in [5.41, 5.74) is 7.08. The minimum atomic E-state index is 0.104. The van der Waals surface area contributed by atoms with Gasteiger partial charge in [-0.1, -0.05) is 0 Å². The Morgan fingerprint density at radius 1 is 1.44 bits per heavy atom. The molecule has 3 rings (SSSR count). The number of nitrogens with two attached hydrogens (primary N) is 1. The molecule has 2 N–H and O–H groups in total. The summed E-state index contributed by atoms with van der Waals surface area (Å²) in [7, 11) is 0. The van der Waals surface area contributed by atoms with Crippen molar-refractivity contribution in [1.29, 1.82) is 0 Å². The van der Waals surface area contributed by atoms with Gasteiger partial charge < -0.3 is 5.73 Å². The summed E-state index contributed by atoms with van der Waals surface area (Å²) in [5, 5.41) is 2.04. The summed E-state index contributed by atoms with van der Waals surface area (Å²) in [5.74, 6) is 1.88. The second kappa shape index (κ2) is 4.22. The summed E-state index contributed by atoms with van der Waals surface area (Å²) < 4.78 is 4.13. The van der Waals surface area contributed by atoms with E-state index < -0.39 is 0 Å². The number of aryl methyl sites for hydroxylation is 1. The number of fused-ring (bicyclic) bond motifs is 1. The zero-order valence-electron chi connectivity index (χ0n) is 10.4. The largest absolute Gasteiger partial charge is 0.328 e. The molecule has 0 bridgehead atoms. The van der Waals surface area contributed by atoms with E-state index in [9.17, 15) is 0 Å². The normalized spacial score (nSPS) is 13.3. The van der Waals surface area contributed by atoms with Crippen LogP contribution in [0.3, 0.4) is 0 Å². The highest BCUT2D eigenvalue weighted by atomic mass is 32.1. The first kappa shape index (κ1) is 11.4. The van der Waals surface area contributed by atoms with Gasteiger partial charge in [-0.15, -0.1) is 11.3 Å². The van der Waals surface area contributed by atoms with Gasteiger partial charge in [-0.05, 0) is 13.8 Å². The number of hydrogen-bond donors (Lipinski definition) is 1. The van der Waals surface area contributed by atoms with E-state index in [1.165, 1.54) is 0 Å². The van der Waals surface area contributed by atoms with Crippen molar-refractivity contribution in [3.05, 3.63) is 35.5 Å². The van der Waals surface area contributed by atoms with E-state index in [2.05, 4.69) is 14.4 Å². The third-order valence-electron chi connectivity index (χ3n) is 2.91. The van der Waals surface area contributed by atoms with Crippen molar-refractivity contribution in [2.24, 2.45) is 5.73 Å². The maximum atomic E-state index is 5.94. The average Bonchev–Trinajstić information content (AvgIpc) is 2.95. The molecule has 6 heteroatoms. The lowest BCUT2D eigenvalue weighted by atomic mass is 10.2. The van der Waals surface area contributed by atoms with Gasteiger partial charge in [0.25, 0.3) is 0 Å². The molecule has 1 atom stereocenters. The predicted octanol–water partition coefficient (Wildman–Crippen LogP) is 1.78. The molecule has 0 amide bonds. The Morgan fingerprint density at radius 2 is 2.28 bits per heavy atom. The van der Waals surface area contributed by atoms with Crippen LogP contribution < -0.4 is 5.73 Å². The van der Waals surface area contributed by atoms with Gasteiger partial charge in [0, 0.05) is 36.4 Å². The second-order valence-corrected chi connectivity index (χ2v) is 5.34. The van der Waals surface area contributed by atoms with E-state index >= 15 is 0 Å². The van der Waals surface area contributed by atoms with Gasteiger partial charge in [-0.25, -0.2) is 9.97 Å². The fourth-order valence-corrected chi connectivity index (χ4v) is 2.84. The minimum absolute atomic E-state index is 0.104. The maximum Gasteiger partial charge on any atom is 0.195 e. The maximum absolute atomic E-state index is 5.94. The molecule has 5 nitrogen and oxygen atoms in total. The van der Waals surface area contributed by atoms with E-state index in [0.717, 1.165) is 28.7 Å². The van der Waals surface area contributed by atoms with Crippen molar-refractivity contribution in [2.75, 3.05) is 0 Å². The van der Waals surface area contributed by atoms with Crippen LogP contribution in [0.4, 0.5) is 0 Å². The van der Waals surface area contributed by atoms with Crippen LogP contribution in [0.15, 0.2) is 24.0 Å². The Labute approximate surface area is 109 Å². The molecule has 0 aliphatic heterocycles. The first-order chi connectivity index (χ1) is 8.66. The zero-order valence-corrected chi connectivity index (χ0v) is 11.2. The molecule has 0 saturated heterocycles. The SMILES string of the molecule is Cc1nccn1-c1nc2sccn2c1CC(C)N. The van der Waals surface area contributed by atoms with E-state index in [4.69, 9.17) is 5.73 Å². The first-order valence-electron chi connectivity index (χ1n) is 5.87. The van der Waals surface area contributed by atoms with Gasteiger partial charge in [-0.3, -0.25) is 8.97 Å². The number of rotatable bonds is 3.